The number of likely N-dealkylation sites (tertiary alicyclic amines) is 1. The monoisotopic (exact) mass is 199 g/mol. The lowest BCUT2D eigenvalue weighted by Crippen LogP contribution is -2.43. The van der Waals surface area contributed by atoms with Crippen molar-refractivity contribution in [3.63, 3.8) is 0 Å². The van der Waals surface area contributed by atoms with E-state index >= 15 is 0 Å². The summed E-state index contributed by atoms with van der Waals surface area (Å²) < 4.78 is 0. The van der Waals surface area contributed by atoms with Crippen LogP contribution in [0.2, 0.25) is 0 Å². The molecule has 4 heteroatoms. The third-order valence-electron chi connectivity index (χ3n) is 2.93. The standard InChI is InChI=1S/C10H21N3O/c1-2-3-9-4-6-13(7-5-9)8-10(14)12-11/h9H,2-8,11H2,1H3,(H,12,14). The highest BCUT2D eigenvalue weighted by Gasteiger charge is 2.19. The second kappa shape index (κ2) is 5.98. The van der Waals surface area contributed by atoms with E-state index in [1.807, 2.05) is 0 Å². The van der Waals surface area contributed by atoms with E-state index in [-0.39, 0.29) is 5.91 Å². The highest BCUT2D eigenvalue weighted by Crippen LogP contribution is 2.21. The van der Waals surface area contributed by atoms with E-state index in [1.54, 1.807) is 0 Å². The molecule has 1 amide bonds. The number of hydrazine groups is 1. The average Bonchev–Trinajstić information content (AvgIpc) is 2.21. The summed E-state index contributed by atoms with van der Waals surface area (Å²) in [4.78, 5) is 13.2. The maximum absolute atomic E-state index is 11.0. The van der Waals surface area contributed by atoms with Crippen molar-refractivity contribution in [1.82, 2.24) is 10.3 Å². The zero-order valence-electron chi connectivity index (χ0n) is 8.96. The van der Waals surface area contributed by atoms with Gasteiger partial charge in [0.25, 0.3) is 0 Å². The van der Waals surface area contributed by atoms with Crippen LogP contribution in [0.15, 0.2) is 0 Å². The third-order valence-corrected chi connectivity index (χ3v) is 2.93. The Morgan fingerprint density at radius 3 is 2.64 bits per heavy atom. The van der Waals surface area contributed by atoms with Crippen molar-refractivity contribution in [3.05, 3.63) is 0 Å². The first kappa shape index (κ1) is 11.5. The lowest BCUT2D eigenvalue weighted by Gasteiger charge is -2.31. The molecule has 0 saturated carbocycles. The maximum Gasteiger partial charge on any atom is 0.248 e. The lowest BCUT2D eigenvalue weighted by molar-refractivity contribution is -0.122. The van der Waals surface area contributed by atoms with Gasteiger partial charge in [-0.1, -0.05) is 19.8 Å². The number of nitrogens with zero attached hydrogens (tertiary/aromatic N) is 1. The number of amides is 1. The van der Waals surface area contributed by atoms with E-state index in [0.29, 0.717) is 6.54 Å². The van der Waals surface area contributed by atoms with Gasteiger partial charge in [0, 0.05) is 0 Å². The largest absolute Gasteiger partial charge is 0.294 e. The molecule has 1 aliphatic rings. The Bertz CT molecular complexity index is 176. The van der Waals surface area contributed by atoms with Crippen molar-refractivity contribution in [3.8, 4) is 0 Å². The highest BCUT2D eigenvalue weighted by atomic mass is 16.2. The van der Waals surface area contributed by atoms with Crippen molar-refractivity contribution in [2.24, 2.45) is 11.8 Å². The number of nitrogens with two attached hydrogens (primary N) is 1. The minimum atomic E-state index is -0.0843. The van der Waals surface area contributed by atoms with E-state index in [9.17, 15) is 4.79 Å². The smallest absolute Gasteiger partial charge is 0.248 e. The molecule has 0 aromatic heterocycles. The predicted molar refractivity (Wildman–Crippen MR) is 56.4 cm³/mol. The summed E-state index contributed by atoms with van der Waals surface area (Å²) in [5.41, 5.74) is 2.17. The molecule has 0 aromatic rings. The van der Waals surface area contributed by atoms with E-state index in [4.69, 9.17) is 5.84 Å². The molecule has 82 valence electrons. The number of rotatable bonds is 4. The molecular formula is C10H21N3O. The van der Waals surface area contributed by atoms with Gasteiger partial charge in [-0.25, -0.2) is 5.84 Å². The van der Waals surface area contributed by atoms with Crippen LogP contribution in [0.25, 0.3) is 0 Å². The number of carbonyl (C=O) groups excluding carboxylic acids is 1. The van der Waals surface area contributed by atoms with Gasteiger partial charge >= 0.3 is 0 Å². The van der Waals surface area contributed by atoms with Gasteiger partial charge in [-0.05, 0) is 31.8 Å². The molecule has 1 heterocycles. The summed E-state index contributed by atoms with van der Waals surface area (Å²) in [6, 6.07) is 0. The summed E-state index contributed by atoms with van der Waals surface area (Å²) in [5, 5.41) is 0. The molecule has 1 fully saturated rings. The van der Waals surface area contributed by atoms with Gasteiger partial charge in [-0.3, -0.25) is 15.1 Å². The molecule has 0 unspecified atom stereocenters. The molecule has 3 N–H and O–H groups in total. The topological polar surface area (TPSA) is 58.4 Å². The Balaban J connectivity index is 2.18. The fraction of sp³-hybridized carbons (Fsp3) is 0.900. The number of nitrogens with one attached hydrogen (secondary N) is 1. The summed E-state index contributed by atoms with van der Waals surface area (Å²) in [6.07, 6.45) is 5.06. The Hall–Kier alpha value is -0.610. The molecular weight excluding hydrogens is 178 g/mol. The normalized spacial score (nSPS) is 19.6. The van der Waals surface area contributed by atoms with Gasteiger partial charge in [0.15, 0.2) is 0 Å². The highest BCUT2D eigenvalue weighted by molar-refractivity contribution is 5.77. The second-order valence-electron chi connectivity index (χ2n) is 4.08. The fourth-order valence-corrected chi connectivity index (χ4v) is 2.09. The molecule has 14 heavy (non-hydrogen) atoms. The molecule has 0 aromatic carbocycles. The van der Waals surface area contributed by atoms with Gasteiger partial charge in [0.2, 0.25) is 5.91 Å². The SMILES string of the molecule is CCCC1CCN(CC(=O)NN)CC1. The van der Waals surface area contributed by atoms with Crippen LogP contribution in [-0.4, -0.2) is 30.4 Å². The van der Waals surface area contributed by atoms with Crippen LogP contribution in [0.1, 0.15) is 32.6 Å². The molecule has 4 nitrogen and oxygen atoms in total. The average molecular weight is 199 g/mol. The molecule has 0 spiro atoms. The number of hydrogen-bond donors (Lipinski definition) is 2. The quantitative estimate of drug-likeness (QED) is 0.393. The lowest BCUT2D eigenvalue weighted by atomic mass is 9.92. The first-order chi connectivity index (χ1) is 6.76. The summed E-state index contributed by atoms with van der Waals surface area (Å²) in [7, 11) is 0. The van der Waals surface area contributed by atoms with Crippen molar-refractivity contribution >= 4 is 5.91 Å². The molecule has 1 aliphatic heterocycles. The van der Waals surface area contributed by atoms with Crippen molar-refractivity contribution in [1.29, 1.82) is 0 Å². The van der Waals surface area contributed by atoms with Gasteiger partial charge in [-0.2, -0.15) is 0 Å². The molecule has 0 bridgehead atoms. The van der Waals surface area contributed by atoms with Gasteiger partial charge < -0.3 is 0 Å². The van der Waals surface area contributed by atoms with E-state index in [2.05, 4.69) is 17.2 Å². The van der Waals surface area contributed by atoms with Crippen LogP contribution in [0.5, 0.6) is 0 Å². The van der Waals surface area contributed by atoms with Crippen molar-refractivity contribution in [2.75, 3.05) is 19.6 Å². The second-order valence-corrected chi connectivity index (χ2v) is 4.08. The molecule has 1 saturated heterocycles. The van der Waals surface area contributed by atoms with Crippen LogP contribution in [0.4, 0.5) is 0 Å². The Morgan fingerprint density at radius 1 is 1.50 bits per heavy atom. The van der Waals surface area contributed by atoms with Crippen LogP contribution < -0.4 is 11.3 Å². The zero-order chi connectivity index (χ0) is 10.4. The Kier molecular flexibility index (Phi) is 4.90. The van der Waals surface area contributed by atoms with Crippen molar-refractivity contribution in [2.45, 2.75) is 32.6 Å². The summed E-state index contributed by atoms with van der Waals surface area (Å²) in [5.74, 6) is 5.83. The minimum absolute atomic E-state index is 0.0843. The van der Waals surface area contributed by atoms with E-state index in [1.165, 1.54) is 25.7 Å². The van der Waals surface area contributed by atoms with Crippen LogP contribution in [-0.2, 0) is 4.79 Å². The van der Waals surface area contributed by atoms with E-state index < -0.39 is 0 Å². The van der Waals surface area contributed by atoms with Crippen LogP contribution in [0, 0.1) is 5.92 Å². The van der Waals surface area contributed by atoms with Gasteiger partial charge in [0.1, 0.15) is 0 Å². The van der Waals surface area contributed by atoms with E-state index in [0.717, 1.165) is 19.0 Å². The molecule has 0 aliphatic carbocycles. The van der Waals surface area contributed by atoms with Gasteiger partial charge in [-0.15, -0.1) is 0 Å². The first-order valence-corrected chi connectivity index (χ1v) is 5.48. The van der Waals surface area contributed by atoms with Gasteiger partial charge in [0.05, 0.1) is 6.54 Å². The zero-order valence-corrected chi connectivity index (χ0v) is 8.96. The number of carbonyl (C=O) groups is 1. The summed E-state index contributed by atoms with van der Waals surface area (Å²) >= 11 is 0. The number of piperidine rings is 1. The van der Waals surface area contributed by atoms with Crippen LogP contribution >= 0.6 is 0 Å². The molecule has 1 rings (SSSR count). The third kappa shape index (κ3) is 3.64. The van der Waals surface area contributed by atoms with Crippen molar-refractivity contribution < 1.29 is 4.79 Å². The molecule has 0 atom stereocenters. The first-order valence-electron chi connectivity index (χ1n) is 5.48. The fourth-order valence-electron chi connectivity index (χ4n) is 2.09. The molecule has 0 radical (unpaired) electrons. The van der Waals surface area contributed by atoms with Crippen LogP contribution in [0.3, 0.4) is 0 Å². The summed E-state index contributed by atoms with van der Waals surface area (Å²) in [6.45, 7) is 4.76. The Labute approximate surface area is 85.8 Å². The minimum Gasteiger partial charge on any atom is -0.294 e. The number of hydrogen-bond acceptors (Lipinski definition) is 3. The Morgan fingerprint density at radius 2 is 2.14 bits per heavy atom. The predicted octanol–water partition coefficient (Wildman–Crippen LogP) is 0.488. The maximum atomic E-state index is 11.0.